The highest BCUT2D eigenvalue weighted by Gasteiger charge is 2.19. The highest BCUT2D eigenvalue weighted by Crippen LogP contribution is 2.13. The number of carbonyl (C=O) groups excluding carboxylic acids is 1. The monoisotopic (exact) mass is 294 g/mol. The van der Waals surface area contributed by atoms with Crippen LogP contribution in [0.3, 0.4) is 0 Å². The molecule has 0 heterocycles. The second kappa shape index (κ2) is 6.41. The molecule has 1 atom stereocenters. The molecule has 0 bridgehead atoms. The number of benzene rings is 1. The lowest BCUT2D eigenvalue weighted by atomic mass is 10.1. The maximum atomic E-state index is 11.9. The van der Waals surface area contributed by atoms with Crippen molar-refractivity contribution in [1.29, 1.82) is 5.26 Å². The summed E-state index contributed by atoms with van der Waals surface area (Å²) in [6, 6.07) is 9.83. The number of nitrogens with zero attached hydrogens (tertiary/aromatic N) is 2. The fraction of sp³-hybridized carbons (Fsp3) is 0.385. The van der Waals surface area contributed by atoms with E-state index in [1.807, 2.05) is 37.3 Å². The number of rotatable bonds is 4. The van der Waals surface area contributed by atoms with Crippen LogP contribution in [0.1, 0.15) is 18.9 Å². The SMILES string of the molecule is CCC(C#N)C(=O)N(C)Cc1ccc(Br)cc1. The van der Waals surface area contributed by atoms with E-state index >= 15 is 0 Å². The molecule has 1 aromatic carbocycles. The van der Waals surface area contributed by atoms with E-state index in [0.29, 0.717) is 13.0 Å². The predicted octanol–water partition coefficient (Wildman–Crippen LogP) is 2.96. The van der Waals surface area contributed by atoms with Crippen LogP contribution in [0.15, 0.2) is 28.7 Å². The highest BCUT2D eigenvalue weighted by atomic mass is 79.9. The van der Waals surface area contributed by atoms with Crippen molar-refractivity contribution in [3.63, 3.8) is 0 Å². The number of amides is 1. The number of hydrogen-bond acceptors (Lipinski definition) is 2. The summed E-state index contributed by atoms with van der Waals surface area (Å²) in [5.74, 6) is -0.645. The van der Waals surface area contributed by atoms with E-state index in [4.69, 9.17) is 5.26 Å². The van der Waals surface area contributed by atoms with Gasteiger partial charge in [0.15, 0.2) is 0 Å². The zero-order valence-corrected chi connectivity index (χ0v) is 11.6. The molecule has 4 heteroatoms. The maximum Gasteiger partial charge on any atom is 0.239 e. The number of nitriles is 1. The first-order valence-corrected chi connectivity index (χ1v) is 6.26. The Morgan fingerprint density at radius 1 is 1.47 bits per heavy atom. The summed E-state index contributed by atoms with van der Waals surface area (Å²) in [5.41, 5.74) is 1.05. The third kappa shape index (κ3) is 3.86. The van der Waals surface area contributed by atoms with E-state index in [9.17, 15) is 4.79 Å². The second-order valence-corrected chi connectivity index (χ2v) is 4.83. The third-order valence-corrected chi connectivity index (χ3v) is 3.10. The number of halogens is 1. The van der Waals surface area contributed by atoms with Crippen LogP contribution in [0.2, 0.25) is 0 Å². The minimum atomic E-state index is -0.532. The van der Waals surface area contributed by atoms with Gasteiger partial charge in [0.05, 0.1) is 6.07 Å². The predicted molar refractivity (Wildman–Crippen MR) is 70.0 cm³/mol. The van der Waals surface area contributed by atoms with Gasteiger partial charge in [-0.1, -0.05) is 35.0 Å². The van der Waals surface area contributed by atoms with Crippen LogP contribution in [0.25, 0.3) is 0 Å². The Morgan fingerprint density at radius 3 is 2.53 bits per heavy atom. The molecule has 0 fully saturated rings. The Morgan fingerprint density at radius 2 is 2.06 bits per heavy atom. The van der Waals surface area contributed by atoms with Gasteiger partial charge in [-0.05, 0) is 24.1 Å². The molecule has 0 aromatic heterocycles. The van der Waals surface area contributed by atoms with Gasteiger partial charge >= 0.3 is 0 Å². The van der Waals surface area contributed by atoms with Crippen molar-refractivity contribution in [2.24, 2.45) is 5.92 Å². The standard InChI is InChI=1S/C13H15BrN2O/c1-3-11(8-15)13(17)16(2)9-10-4-6-12(14)7-5-10/h4-7,11H,3,9H2,1-2H3. The van der Waals surface area contributed by atoms with Crippen molar-refractivity contribution < 1.29 is 4.79 Å². The van der Waals surface area contributed by atoms with E-state index in [1.165, 1.54) is 0 Å². The Kier molecular flexibility index (Phi) is 5.17. The molecule has 17 heavy (non-hydrogen) atoms. The van der Waals surface area contributed by atoms with Gasteiger partial charge in [-0.3, -0.25) is 4.79 Å². The molecule has 0 saturated carbocycles. The third-order valence-electron chi connectivity index (χ3n) is 2.57. The van der Waals surface area contributed by atoms with Crippen LogP contribution < -0.4 is 0 Å². The lowest BCUT2D eigenvalue weighted by Gasteiger charge is -2.19. The van der Waals surface area contributed by atoms with Crippen molar-refractivity contribution in [2.75, 3.05) is 7.05 Å². The Labute approximate surface area is 110 Å². The second-order valence-electron chi connectivity index (χ2n) is 3.91. The molecule has 1 aromatic rings. The van der Waals surface area contributed by atoms with E-state index in [0.717, 1.165) is 10.0 Å². The van der Waals surface area contributed by atoms with Crippen molar-refractivity contribution in [3.05, 3.63) is 34.3 Å². The first-order valence-electron chi connectivity index (χ1n) is 5.47. The van der Waals surface area contributed by atoms with Gasteiger partial charge in [0.1, 0.15) is 5.92 Å². The van der Waals surface area contributed by atoms with Gasteiger partial charge in [-0.25, -0.2) is 0 Å². The fourth-order valence-electron chi connectivity index (χ4n) is 1.53. The quantitative estimate of drug-likeness (QED) is 0.857. The molecule has 0 aliphatic heterocycles. The summed E-state index contributed by atoms with van der Waals surface area (Å²) in [6.07, 6.45) is 0.556. The van der Waals surface area contributed by atoms with Gasteiger partial charge in [-0.2, -0.15) is 5.26 Å². The molecule has 90 valence electrons. The van der Waals surface area contributed by atoms with Crippen molar-refractivity contribution in [3.8, 4) is 6.07 Å². The molecule has 1 rings (SSSR count). The van der Waals surface area contributed by atoms with Crippen LogP contribution in [0.4, 0.5) is 0 Å². The Hall–Kier alpha value is -1.34. The van der Waals surface area contributed by atoms with E-state index in [-0.39, 0.29) is 5.91 Å². The highest BCUT2D eigenvalue weighted by molar-refractivity contribution is 9.10. The number of hydrogen-bond donors (Lipinski definition) is 0. The summed E-state index contributed by atoms with van der Waals surface area (Å²) in [7, 11) is 1.73. The minimum Gasteiger partial charge on any atom is -0.340 e. The summed E-state index contributed by atoms with van der Waals surface area (Å²) < 4.78 is 1.01. The van der Waals surface area contributed by atoms with Gasteiger partial charge in [-0.15, -0.1) is 0 Å². The summed E-state index contributed by atoms with van der Waals surface area (Å²) >= 11 is 3.36. The lowest BCUT2D eigenvalue weighted by molar-refractivity contribution is -0.133. The molecule has 1 amide bonds. The smallest absolute Gasteiger partial charge is 0.239 e. The van der Waals surface area contributed by atoms with Crippen LogP contribution in [-0.4, -0.2) is 17.9 Å². The van der Waals surface area contributed by atoms with Crippen molar-refractivity contribution in [1.82, 2.24) is 4.90 Å². The normalized spacial score (nSPS) is 11.6. The Bertz CT molecular complexity index is 422. The van der Waals surface area contributed by atoms with E-state index in [2.05, 4.69) is 15.9 Å². The first kappa shape index (κ1) is 13.7. The van der Waals surface area contributed by atoms with Gasteiger partial charge in [0, 0.05) is 18.1 Å². The average Bonchev–Trinajstić information content (AvgIpc) is 2.33. The van der Waals surface area contributed by atoms with Crippen LogP contribution in [0.5, 0.6) is 0 Å². The lowest BCUT2D eigenvalue weighted by Crippen LogP contribution is -2.31. The van der Waals surface area contributed by atoms with E-state index in [1.54, 1.807) is 11.9 Å². The summed E-state index contributed by atoms with van der Waals surface area (Å²) in [5, 5.41) is 8.84. The van der Waals surface area contributed by atoms with Crippen LogP contribution >= 0.6 is 15.9 Å². The molecular weight excluding hydrogens is 280 g/mol. The maximum absolute atomic E-state index is 11.9. The number of carbonyl (C=O) groups is 1. The molecular formula is C13H15BrN2O. The fourth-order valence-corrected chi connectivity index (χ4v) is 1.79. The van der Waals surface area contributed by atoms with Gasteiger partial charge in [0.25, 0.3) is 0 Å². The Balaban J connectivity index is 2.66. The molecule has 3 nitrogen and oxygen atoms in total. The molecule has 0 saturated heterocycles. The van der Waals surface area contributed by atoms with E-state index < -0.39 is 5.92 Å². The first-order chi connectivity index (χ1) is 8.08. The van der Waals surface area contributed by atoms with Gasteiger partial charge in [0.2, 0.25) is 5.91 Å². The molecule has 0 N–H and O–H groups in total. The zero-order chi connectivity index (χ0) is 12.8. The zero-order valence-electron chi connectivity index (χ0n) is 9.98. The van der Waals surface area contributed by atoms with Crippen molar-refractivity contribution >= 4 is 21.8 Å². The summed E-state index contributed by atoms with van der Waals surface area (Å²) in [6.45, 7) is 2.38. The molecule has 0 aliphatic carbocycles. The molecule has 0 radical (unpaired) electrons. The minimum absolute atomic E-state index is 0.113. The van der Waals surface area contributed by atoms with Crippen LogP contribution in [0, 0.1) is 17.2 Å². The largest absolute Gasteiger partial charge is 0.340 e. The summed E-state index contributed by atoms with van der Waals surface area (Å²) in [4.78, 5) is 13.5. The molecule has 0 aliphatic rings. The molecule has 0 spiro atoms. The molecule has 1 unspecified atom stereocenters. The van der Waals surface area contributed by atoms with Crippen LogP contribution in [-0.2, 0) is 11.3 Å². The average molecular weight is 295 g/mol. The van der Waals surface area contributed by atoms with Crippen molar-refractivity contribution in [2.45, 2.75) is 19.9 Å². The van der Waals surface area contributed by atoms with Gasteiger partial charge < -0.3 is 4.90 Å². The topological polar surface area (TPSA) is 44.1 Å².